The lowest BCUT2D eigenvalue weighted by Gasteiger charge is -2.22. The van der Waals surface area contributed by atoms with Crippen LogP contribution in [0.15, 0.2) is 0 Å². The molecule has 110 valence electrons. The van der Waals surface area contributed by atoms with Gasteiger partial charge >= 0.3 is 0 Å². The number of likely N-dealkylation sites (N-methyl/N-ethyl adjacent to an activating group) is 1. The SMILES string of the molecule is CCCNC1COCC1C(=O)NCC1CCCN1C. The molecular formula is C14H27N3O2. The number of hydrogen-bond donors (Lipinski definition) is 2. The quantitative estimate of drug-likeness (QED) is 0.724. The maximum atomic E-state index is 12.2. The maximum absolute atomic E-state index is 12.2. The van der Waals surface area contributed by atoms with E-state index >= 15 is 0 Å². The number of carbonyl (C=O) groups excluding carboxylic acids is 1. The summed E-state index contributed by atoms with van der Waals surface area (Å²) in [6, 6.07) is 0.689. The highest BCUT2D eigenvalue weighted by Gasteiger charge is 2.34. The van der Waals surface area contributed by atoms with E-state index in [1.54, 1.807) is 0 Å². The molecule has 19 heavy (non-hydrogen) atoms. The van der Waals surface area contributed by atoms with Crippen molar-refractivity contribution in [2.75, 3.05) is 39.9 Å². The van der Waals surface area contributed by atoms with E-state index in [4.69, 9.17) is 4.74 Å². The largest absolute Gasteiger partial charge is 0.379 e. The van der Waals surface area contributed by atoms with Crippen molar-refractivity contribution < 1.29 is 9.53 Å². The van der Waals surface area contributed by atoms with E-state index in [0.717, 1.165) is 26.1 Å². The summed E-state index contributed by atoms with van der Waals surface area (Å²) in [5.74, 6) is 0.115. The Bertz CT molecular complexity index is 298. The molecule has 2 aliphatic rings. The number of likely N-dealkylation sites (tertiary alicyclic amines) is 1. The van der Waals surface area contributed by atoms with E-state index < -0.39 is 0 Å². The Morgan fingerprint density at radius 3 is 2.95 bits per heavy atom. The highest BCUT2D eigenvalue weighted by Crippen LogP contribution is 2.16. The number of hydrogen-bond acceptors (Lipinski definition) is 4. The van der Waals surface area contributed by atoms with Gasteiger partial charge in [-0.3, -0.25) is 4.79 Å². The molecule has 0 aliphatic carbocycles. The zero-order valence-corrected chi connectivity index (χ0v) is 12.2. The van der Waals surface area contributed by atoms with Gasteiger partial charge in [0.1, 0.15) is 0 Å². The van der Waals surface area contributed by atoms with Gasteiger partial charge in [-0.15, -0.1) is 0 Å². The summed E-state index contributed by atoms with van der Waals surface area (Å²) >= 11 is 0. The first-order valence-electron chi connectivity index (χ1n) is 7.51. The third-order valence-electron chi connectivity index (χ3n) is 4.26. The van der Waals surface area contributed by atoms with Gasteiger partial charge < -0.3 is 20.3 Å². The summed E-state index contributed by atoms with van der Waals surface area (Å²) in [5, 5.41) is 6.51. The second-order valence-electron chi connectivity index (χ2n) is 5.73. The summed E-state index contributed by atoms with van der Waals surface area (Å²) in [6.07, 6.45) is 3.51. The molecule has 0 spiro atoms. The fraction of sp³-hybridized carbons (Fsp3) is 0.929. The van der Waals surface area contributed by atoms with Crippen LogP contribution in [0.25, 0.3) is 0 Å². The van der Waals surface area contributed by atoms with Gasteiger partial charge in [-0.1, -0.05) is 6.92 Å². The van der Waals surface area contributed by atoms with Crippen molar-refractivity contribution in [1.29, 1.82) is 0 Å². The monoisotopic (exact) mass is 269 g/mol. The Morgan fingerprint density at radius 1 is 1.42 bits per heavy atom. The van der Waals surface area contributed by atoms with Gasteiger partial charge in [0.2, 0.25) is 5.91 Å². The lowest BCUT2D eigenvalue weighted by atomic mass is 10.0. The molecule has 0 aromatic heterocycles. The Hall–Kier alpha value is -0.650. The molecule has 0 aromatic rings. The van der Waals surface area contributed by atoms with E-state index in [9.17, 15) is 4.79 Å². The van der Waals surface area contributed by atoms with Crippen LogP contribution in [0.2, 0.25) is 0 Å². The first-order chi connectivity index (χ1) is 9.22. The zero-order valence-electron chi connectivity index (χ0n) is 12.2. The molecule has 5 nitrogen and oxygen atoms in total. The van der Waals surface area contributed by atoms with E-state index in [-0.39, 0.29) is 17.9 Å². The van der Waals surface area contributed by atoms with Crippen LogP contribution >= 0.6 is 0 Å². The molecule has 0 bridgehead atoms. The number of nitrogens with one attached hydrogen (secondary N) is 2. The molecule has 2 heterocycles. The van der Waals surface area contributed by atoms with Gasteiger partial charge in [-0.05, 0) is 39.4 Å². The van der Waals surface area contributed by atoms with Gasteiger partial charge in [0, 0.05) is 18.6 Å². The van der Waals surface area contributed by atoms with E-state index in [1.807, 2.05) is 0 Å². The molecule has 0 aromatic carbocycles. The standard InChI is InChI=1S/C14H27N3O2/c1-3-6-15-13-10-19-9-12(13)14(18)16-8-11-5-4-7-17(11)2/h11-13,15H,3-10H2,1-2H3,(H,16,18). The zero-order chi connectivity index (χ0) is 13.7. The van der Waals surface area contributed by atoms with Crippen LogP contribution in [0.1, 0.15) is 26.2 Å². The Morgan fingerprint density at radius 2 is 2.26 bits per heavy atom. The van der Waals surface area contributed by atoms with Crippen LogP contribution in [-0.4, -0.2) is 62.8 Å². The summed E-state index contributed by atoms with van der Waals surface area (Å²) in [6.45, 7) is 6.20. The third-order valence-corrected chi connectivity index (χ3v) is 4.26. The first kappa shape index (κ1) is 14.8. The molecular weight excluding hydrogens is 242 g/mol. The number of nitrogens with zero attached hydrogens (tertiary/aromatic N) is 1. The average Bonchev–Trinajstić information content (AvgIpc) is 3.02. The van der Waals surface area contributed by atoms with E-state index in [2.05, 4.69) is 29.5 Å². The van der Waals surface area contributed by atoms with Crippen LogP contribution in [0.5, 0.6) is 0 Å². The van der Waals surface area contributed by atoms with Crippen LogP contribution in [0.3, 0.4) is 0 Å². The number of rotatable bonds is 6. The van der Waals surface area contributed by atoms with Gasteiger partial charge in [-0.2, -0.15) is 0 Å². The molecule has 2 saturated heterocycles. The molecule has 2 fully saturated rings. The highest BCUT2D eigenvalue weighted by atomic mass is 16.5. The maximum Gasteiger partial charge on any atom is 0.227 e. The Kier molecular flexibility index (Phi) is 5.60. The summed E-state index contributed by atoms with van der Waals surface area (Å²) < 4.78 is 5.45. The van der Waals surface area contributed by atoms with Crippen molar-refractivity contribution in [3.05, 3.63) is 0 Å². The summed E-state index contributed by atoms with van der Waals surface area (Å²) in [4.78, 5) is 14.6. The smallest absolute Gasteiger partial charge is 0.227 e. The van der Waals surface area contributed by atoms with Crippen molar-refractivity contribution in [1.82, 2.24) is 15.5 Å². The second kappa shape index (κ2) is 7.22. The molecule has 2 rings (SSSR count). The van der Waals surface area contributed by atoms with Crippen molar-refractivity contribution >= 4 is 5.91 Å². The fourth-order valence-corrected chi connectivity index (χ4v) is 2.93. The summed E-state index contributed by atoms with van der Waals surface area (Å²) in [5.41, 5.74) is 0. The average molecular weight is 269 g/mol. The van der Waals surface area contributed by atoms with Crippen molar-refractivity contribution in [2.24, 2.45) is 5.92 Å². The molecule has 0 radical (unpaired) electrons. The van der Waals surface area contributed by atoms with E-state index in [1.165, 1.54) is 12.8 Å². The predicted molar refractivity (Wildman–Crippen MR) is 75.1 cm³/mol. The normalized spacial score (nSPS) is 31.8. The van der Waals surface area contributed by atoms with Crippen LogP contribution in [-0.2, 0) is 9.53 Å². The second-order valence-corrected chi connectivity index (χ2v) is 5.73. The van der Waals surface area contributed by atoms with Crippen LogP contribution < -0.4 is 10.6 Å². The number of carbonyl (C=O) groups is 1. The minimum atomic E-state index is -0.0294. The predicted octanol–water partition coefficient (Wildman–Crippen LogP) is 0.211. The highest BCUT2D eigenvalue weighted by molar-refractivity contribution is 5.79. The molecule has 5 heteroatoms. The summed E-state index contributed by atoms with van der Waals surface area (Å²) in [7, 11) is 2.13. The molecule has 2 N–H and O–H groups in total. The van der Waals surface area contributed by atoms with Crippen LogP contribution in [0, 0.1) is 5.92 Å². The van der Waals surface area contributed by atoms with E-state index in [0.29, 0.717) is 19.3 Å². The number of amides is 1. The van der Waals surface area contributed by atoms with Crippen molar-refractivity contribution in [2.45, 2.75) is 38.3 Å². The Labute approximate surface area is 116 Å². The molecule has 1 amide bonds. The van der Waals surface area contributed by atoms with Gasteiger partial charge in [0.05, 0.1) is 19.1 Å². The van der Waals surface area contributed by atoms with Crippen molar-refractivity contribution in [3.63, 3.8) is 0 Å². The van der Waals surface area contributed by atoms with Crippen LogP contribution in [0.4, 0.5) is 0 Å². The molecule has 0 saturated carbocycles. The van der Waals surface area contributed by atoms with Gasteiger partial charge in [0.25, 0.3) is 0 Å². The molecule has 2 aliphatic heterocycles. The van der Waals surface area contributed by atoms with Gasteiger partial charge in [0.15, 0.2) is 0 Å². The molecule has 3 unspecified atom stereocenters. The number of ether oxygens (including phenoxy) is 1. The first-order valence-corrected chi connectivity index (χ1v) is 7.51. The van der Waals surface area contributed by atoms with Crippen molar-refractivity contribution in [3.8, 4) is 0 Å². The lowest BCUT2D eigenvalue weighted by Crippen LogP contribution is -2.47. The lowest BCUT2D eigenvalue weighted by molar-refractivity contribution is -0.125. The Balaban J connectivity index is 1.75. The van der Waals surface area contributed by atoms with Gasteiger partial charge in [-0.25, -0.2) is 0 Å². The minimum Gasteiger partial charge on any atom is -0.379 e. The minimum absolute atomic E-state index is 0.0294. The third kappa shape index (κ3) is 3.91. The molecule has 3 atom stereocenters. The topological polar surface area (TPSA) is 53.6 Å². The fourth-order valence-electron chi connectivity index (χ4n) is 2.93.